The van der Waals surface area contributed by atoms with Gasteiger partial charge in [0.05, 0.1) is 11.4 Å². The highest BCUT2D eigenvalue weighted by molar-refractivity contribution is 6.40. The normalized spacial score (nSPS) is 12.1. The standard InChI is InChI=1S/C16H18N4O/c1-12-8-6-7-11-15(12)17-16(20-21)13(2)18-19-14-9-4-3-5-10-14/h3-11,19,21H,1-2H3,(H,17,20)/b18-13-. The summed E-state index contributed by atoms with van der Waals surface area (Å²) in [6.07, 6.45) is 0. The molecule has 0 bridgehead atoms. The van der Waals surface area contributed by atoms with E-state index in [-0.39, 0.29) is 0 Å². The number of para-hydroxylation sites is 2. The maximum absolute atomic E-state index is 9.26. The van der Waals surface area contributed by atoms with Crippen LogP contribution >= 0.6 is 0 Å². The molecule has 0 aliphatic heterocycles. The van der Waals surface area contributed by atoms with E-state index in [4.69, 9.17) is 0 Å². The molecule has 2 aromatic rings. The Labute approximate surface area is 124 Å². The first kappa shape index (κ1) is 14.7. The second-order valence-electron chi connectivity index (χ2n) is 4.53. The van der Waals surface area contributed by atoms with Gasteiger partial charge in [-0.2, -0.15) is 5.10 Å². The van der Waals surface area contributed by atoms with Crippen molar-refractivity contribution in [3.63, 3.8) is 0 Å². The molecule has 21 heavy (non-hydrogen) atoms. The average Bonchev–Trinajstić information content (AvgIpc) is 2.53. The number of amidine groups is 1. The van der Waals surface area contributed by atoms with Crippen molar-refractivity contribution in [3.05, 3.63) is 60.2 Å². The van der Waals surface area contributed by atoms with Crippen LogP contribution in [0.15, 0.2) is 64.7 Å². The van der Waals surface area contributed by atoms with Crippen molar-refractivity contribution in [2.45, 2.75) is 13.8 Å². The highest BCUT2D eigenvalue weighted by Gasteiger charge is 2.04. The van der Waals surface area contributed by atoms with Crippen LogP contribution in [0.5, 0.6) is 0 Å². The molecule has 0 heterocycles. The summed E-state index contributed by atoms with van der Waals surface area (Å²) in [6.45, 7) is 3.72. The molecular weight excluding hydrogens is 264 g/mol. The van der Waals surface area contributed by atoms with Gasteiger partial charge in [-0.1, -0.05) is 36.4 Å². The topological polar surface area (TPSA) is 69.0 Å². The van der Waals surface area contributed by atoms with E-state index >= 15 is 0 Å². The molecule has 108 valence electrons. The van der Waals surface area contributed by atoms with Crippen LogP contribution in [0.1, 0.15) is 12.5 Å². The Bertz CT molecular complexity index is 650. The number of benzene rings is 2. The monoisotopic (exact) mass is 282 g/mol. The summed E-state index contributed by atoms with van der Waals surface area (Å²) < 4.78 is 0. The van der Waals surface area contributed by atoms with Gasteiger partial charge in [-0.3, -0.25) is 16.1 Å². The van der Waals surface area contributed by atoms with Crippen LogP contribution < -0.4 is 10.9 Å². The van der Waals surface area contributed by atoms with Gasteiger partial charge in [-0.25, -0.2) is 4.99 Å². The summed E-state index contributed by atoms with van der Waals surface area (Å²) in [5, 5.41) is 13.5. The van der Waals surface area contributed by atoms with E-state index in [1.807, 2.05) is 61.5 Å². The Kier molecular flexibility index (Phi) is 5.06. The molecular formula is C16H18N4O. The third kappa shape index (κ3) is 4.15. The first-order valence-corrected chi connectivity index (χ1v) is 6.61. The van der Waals surface area contributed by atoms with Gasteiger partial charge in [0.2, 0.25) is 0 Å². The molecule has 0 radical (unpaired) electrons. The van der Waals surface area contributed by atoms with Crippen molar-refractivity contribution >= 4 is 22.9 Å². The predicted molar refractivity (Wildman–Crippen MR) is 86.4 cm³/mol. The van der Waals surface area contributed by atoms with Gasteiger partial charge in [0, 0.05) is 0 Å². The fourth-order valence-corrected chi connectivity index (χ4v) is 1.71. The molecule has 0 fully saturated rings. The lowest BCUT2D eigenvalue weighted by Gasteiger charge is -2.07. The fraction of sp³-hybridized carbons (Fsp3) is 0.125. The van der Waals surface area contributed by atoms with Gasteiger partial charge in [0.1, 0.15) is 5.71 Å². The van der Waals surface area contributed by atoms with Crippen LogP contribution in [0.3, 0.4) is 0 Å². The highest BCUT2D eigenvalue weighted by atomic mass is 16.5. The number of aryl methyl sites for hydroxylation is 1. The number of nitrogens with one attached hydrogen (secondary N) is 2. The van der Waals surface area contributed by atoms with E-state index in [0.717, 1.165) is 16.9 Å². The van der Waals surface area contributed by atoms with E-state index in [9.17, 15) is 5.21 Å². The van der Waals surface area contributed by atoms with Crippen molar-refractivity contribution in [1.82, 2.24) is 5.48 Å². The Morgan fingerprint density at radius 2 is 1.67 bits per heavy atom. The number of hydrogen-bond donors (Lipinski definition) is 3. The maximum atomic E-state index is 9.26. The lowest BCUT2D eigenvalue weighted by molar-refractivity contribution is 0.236. The molecule has 0 atom stereocenters. The van der Waals surface area contributed by atoms with E-state index in [2.05, 4.69) is 21.0 Å². The third-order valence-corrected chi connectivity index (χ3v) is 2.92. The molecule has 2 aromatic carbocycles. The number of rotatable bonds is 4. The van der Waals surface area contributed by atoms with Gasteiger partial charge in [-0.05, 0) is 37.6 Å². The van der Waals surface area contributed by atoms with E-state index in [0.29, 0.717) is 11.5 Å². The number of hydrogen-bond acceptors (Lipinski definition) is 4. The Balaban J connectivity index is 2.19. The van der Waals surface area contributed by atoms with Gasteiger partial charge in [0.25, 0.3) is 0 Å². The quantitative estimate of drug-likeness (QED) is 0.457. The first-order chi connectivity index (χ1) is 10.2. The molecule has 3 N–H and O–H groups in total. The van der Waals surface area contributed by atoms with Crippen molar-refractivity contribution in [2.24, 2.45) is 10.1 Å². The summed E-state index contributed by atoms with van der Waals surface area (Å²) >= 11 is 0. The molecule has 0 saturated heterocycles. The first-order valence-electron chi connectivity index (χ1n) is 6.61. The third-order valence-electron chi connectivity index (χ3n) is 2.92. The zero-order chi connectivity index (χ0) is 15.1. The van der Waals surface area contributed by atoms with E-state index in [1.54, 1.807) is 6.92 Å². The average molecular weight is 282 g/mol. The van der Waals surface area contributed by atoms with E-state index < -0.39 is 0 Å². The van der Waals surface area contributed by atoms with Gasteiger partial charge in [-0.15, -0.1) is 0 Å². The van der Waals surface area contributed by atoms with E-state index in [1.165, 1.54) is 0 Å². The molecule has 0 saturated carbocycles. The van der Waals surface area contributed by atoms with Crippen molar-refractivity contribution < 1.29 is 5.21 Å². The van der Waals surface area contributed by atoms with Crippen LogP contribution in [0.2, 0.25) is 0 Å². The zero-order valence-corrected chi connectivity index (χ0v) is 12.0. The van der Waals surface area contributed by atoms with Crippen molar-refractivity contribution in [1.29, 1.82) is 0 Å². The minimum atomic E-state index is 0.299. The molecule has 0 spiro atoms. The molecule has 5 heteroatoms. The Hall–Kier alpha value is -2.66. The van der Waals surface area contributed by atoms with Gasteiger partial charge < -0.3 is 0 Å². The second kappa shape index (κ2) is 7.21. The summed E-state index contributed by atoms with van der Waals surface area (Å²) in [6, 6.07) is 17.3. The maximum Gasteiger partial charge on any atom is 0.173 e. The summed E-state index contributed by atoms with van der Waals surface area (Å²) in [5.41, 5.74) is 8.22. The molecule has 0 aliphatic carbocycles. The summed E-state index contributed by atoms with van der Waals surface area (Å²) in [4.78, 5) is 4.37. The molecule has 5 nitrogen and oxygen atoms in total. The van der Waals surface area contributed by atoms with Gasteiger partial charge >= 0.3 is 0 Å². The minimum Gasteiger partial charge on any atom is -0.290 e. The number of hydrazone groups is 1. The lowest BCUT2D eigenvalue weighted by Crippen LogP contribution is -2.27. The Morgan fingerprint density at radius 1 is 1.00 bits per heavy atom. The van der Waals surface area contributed by atoms with Crippen LogP contribution in [-0.2, 0) is 0 Å². The molecule has 0 aliphatic rings. The second-order valence-corrected chi connectivity index (χ2v) is 4.53. The fourth-order valence-electron chi connectivity index (χ4n) is 1.71. The van der Waals surface area contributed by atoms with Crippen LogP contribution in [0, 0.1) is 6.92 Å². The summed E-state index contributed by atoms with van der Waals surface area (Å²) in [5.74, 6) is 0.299. The number of anilines is 1. The Morgan fingerprint density at radius 3 is 2.33 bits per heavy atom. The van der Waals surface area contributed by atoms with Crippen molar-refractivity contribution in [3.8, 4) is 0 Å². The smallest absolute Gasteiger partial charge is 0.173 e. The minimum absolute atomic E-state index is 0.299. The number of hydroxylamine groups is 1. The number of aliphatic imine (C=N–C) groups is 1. The summed E-state index contributed by atoms with van der Waals surface area (Å²) in [7, 11) is 0. The van der Waals surface area contributed by atoms with Gasteiger partial charge in [0.15, 0.2) is 5.84 Å². The lowest BCUT2D eigenvalue weighted by atomic mass is 10.2. The highest BCUT2D eigenvalue weighted by Crippen LogP contribution is 2.17. The molecule has 0 unspecified atom stereocenters. The molecule has 0 aromatic heterocycles. The van der Waals surface area contributed by atoms with Crippen LogP contribution in [0.4, 0.5) is 11.4 Å². The van der Waals surface area contributed by atoms with Crippen LogP contribution in [0.25, 0.3) is 0 Å². The SMILES string of the molecule is C/C(=N/Nc1ccccc1)C(=Nc1ccccc1C)NO. The largest absolute Gasteiger partial charge is 0.290 e. The molecule has 0 amide bonds. The molecule has 2 rings (SSSR count). The number of nitrogens with zero attached hydrogens (tertiary/aromatic N) is 2. The predicted octanol–water partition coefficient (Wildman–Crippen LogP) is 3.49. The zero-order valence-electron chi connectivity index (χ0n) is 12.0. The van der Waals surface area contributed by atoms with Crippen molar-refractivity contribution in [2.75, 3.05) is 5.43 Å². The van der Waals surface area contributed by atoms with Crippen LogP contribution in [-0.4, -0.2) is 16.8 Å².